The van der Waals surface area contributed by atoms with E-state index in [0.29, 0.717) is 12.8 Å². The molecule has 1 N–H and O–H groups in total. The normalized spacial score (nSPS) is 10.9. The summed E-state index contributed by atoms with van der Waals surface area (Å²) in [7, 11) is 0. The van der Waals surface area contributed by atoms with Gasteiger partial charge >= 0.3 is 17.9 Å². The Morgan fingerprint density at radius 3 is 1.93 bits per heavy atom. The van der Waals surface area contributed by atoms with Crippen LogP contribution >= 0.6 is 0 Å². The molecule has 5 heteroatoms. The van der Waals surface area contributed by atoms with Crippen molar-refractivity contribution in [2.45, 2.75) is 40.0 Å². The number of rotatable bonds is 5. The fourth-order valence-electron chi connectivity index (χ4n) is 1.39. The SMILES string of the molecule is CCC(CC)(CC(=O)O)C(=O)OC(C)=O. The highest BCUT2D eigenvalue weighted by atomic mass is 16.6. The van der Waals surface area contributed by atoms with Crippen LogP contribution in [0.15, 0.2) is 0 Å². The minimum atomic E-state index is -1.09. The monoisotopic (exact) mass is 216 g/mol. The number of carbonyl (C=O) groups is 3. The number of aliphatic carboxylic acids is 1. The van der Waals surface area contributed by atoms with E-state index in [2.05, 4.69) is 4.74 Å². The van der Waals surface area contributed by atoms with Crippen molar-refractivity contribution in [3.63, 3.8) is 0 Å². The Morgan fingerprint density at radius 1 is 1.20 bits per heavy atom. The molecule has 0 aromatic carbocycles. The number of hydrogen-bond donors (Lipinski definition) is 1. The Labute approximate surface area is 88.4 Å². The molecule has 0 atom stereocenters. The van der Waals surface area contributed by atoms with Crippen molar-refractivity contribution in [3.05, 3.63) is 0 Å². The molecule has 0 spiro atoms. The van der Waals surface area contributed by atoms with E-state index in [1.54, 1.807) is 13.8 Å². The second-order valence-corrected chi connectivity index (χ2v) is 3.44. The van der Waals surface area contributed by atoms with Crippen LogP contribution in [0.3, 0.4) is 0 Å². The van der Waals surface area contributed by atoms with Gasteiger partial charge in [0.25, 0.3) is 0 Å². The molecule has 0 saturated carbocycles. The Balaban J connectivity index is 4.82. The van der Waals surface area contributed by atoms with E-state index in [0.717, 1.165) is 6.92 Å². The van der Waals surface area contributed by atoms with Gasteiger partial charge in [0.05, 0.1) is 11.8 Å². The van der Waals surface area contributed by atoms with Gasteiger partial charge in [-0.2, -0.15) is 0 Å². The second kappa shape index (κ2) is 5.48. The molecular weight excluding hydrogens is 200 g/mol. The number of carboxylic acid groups (broad SMARTS) is 1. The van der Waals surface area contributed by atoms with Crippen molar-refractivity contribution in [2.75, 3.05) is 0 Å². The molecule has 0 unspecified atom stereocenters. The van der Waals surface area contributed by atoms with E-state index in [1.165, 1.54) is 0 Å². The molecule has 0 aliphatic heterocycles. The zero-order chi connectivity index (χ0) is 12.1. The summed E-state index contributed by atoms with van der Waals surface area (Å²) in [4.78, 5) is 32.8. The number of esters is 2. The number of hydrogen-bond acceptors (Lipinski definition) is 4. The first-order valence-electron chi connectivity index (χ1n) is 4.82. The second-order valence-electron chi connectivity index (χ2n) is 3.44. The van der Waals surface area contributed by atoms with E-state index < -0.39 is 23.3 Å². The van der Waals surface area contributed by atoms with E-state index >= 15 is 0 Å². The van der Waals surface area contributed by atoms with Crippen molar-refractivity contribution in [3.8, 4) is 0 Å². The van der Waals surface area contributed by atoms with E-state index in [4.69, 9.17) is 5.11 Å². The summed E-state index contributed by atoms with van der Waals surface area (Å²) < 4.78 is 4.46. The molecule has 0 rings (SSSR count). The molecule has 0 aliphatic rings. The minimum absolute atomic E-state index is 0.313. The van der Waals surface area contributed by atoms with Crippen LogP contribution in [0.5, 0.6) is 0 Å². The molecule has 0 radical (unpaired) electrons. The van der Waals surface area contributed by atoms with Crippen LogP contribution < -0.4 is 0 Å². The summed E-state index contributed by atoms with van der Waals surface area (Å²) >= 11 is 0. The highest BCUT2D eigenvalue weighted by molar-refractivity contribution is 5.90. The zero-order valence-corrected chi connectivity index (χ0v) is 9.20. The van der Waals surface area contributed by atoms with Gasteiger partial charge in [0.1, 0.15) is 0 Å². The summed E-state index contributed by atoms with van der Waals surface area (Å²) in [5.74, 6) is -2.53. The fourth-order valence-corrected chi connectivity index (χ4v) is 1.39. The maximum Gasteiger partial charge on any atom is 0.320 e. The van der Waals surface area contributed by atoms with Gasteiger partial charge in [-0.05, 0) is 12.8 Å². The van der Waals surface area contributed by atoms with Crippen molar-refractivity contribution < 1.29 is 24.2 Å². The third kappa shape index (κ3) is 3.69. The molecule has 0 bridgehead atoms. The van der Waals surface area contributed by atoms with Gasteiger partial charge in [0, 0.05) is 6.92 Å². The summed E-state index contributed by atoms with van der Waals surface area (Å²) in [5.41, 5.74) is -1.09. The minimum Gasteiger partial charge on any atom is -0.481 e. The van der Waals surface area contributed by atoms with Gasteiger partial charge in [-0.15, -0.1) is 0 Å². The van der Waals surface area contributed by atoms with Gasteiger partial charge in [-0.1, -0.05) is 13.8 Å². The van der Waals surface area contributed by atoms with Gasteiger partial charge in [0.15, 0.2) is 0 Å². The van der Waals surface area contributed by atoms with Gasteiger partial charge < -0.3 is 9.84 Å². The van der Waals surface area contributed by atoms with Crippen LogP contribution in [0.1, 0.15) is 40.0 Å². The Morgan fingerprint density at radius 2 is 1.67 bits per heavy atom. The van der Waals surface area contributed by atoms with Crippen LogP contribution in [-0.2, 0) is 19.1 Å². The number of carboxylic acids is 1. The predicted octanol–water partition coefficient (Wildman–Crippen LogP) is 1.36. The Bertz CT molecular complexity index is 265. The average molecular weight is 216 g/mol. The summed E-state index contributed by atoms with van der Waals surface area (Å²) in [6, 6.07) is 0. The Hall–Kier alpha value is -1.39. The molecule has 0 aromatic rings. The molecule has 86 valence electrons. The highest BCUT2D eigenvalue weighted by Gasteiger charge is 2.39. The third-order valence-electron chi connectivity index (χ3n) is 2.51. The summed E-state index contributed by atoms with van der Waals surface area (Å²) in [6.07, 6.45) is 0.357. The van der Waals surface area contributed by atoms with E-state index in [1.807, 2.05) is 0 Å². The van der Waals surface area contributed by atoms with Crippen molar-refractivity contribution in [1.29, 1.82) is 0 Å². The molecule has 15 heavy (non-hydrogen) atoms. The molecule has 0 amide bonds. The molecule has 0 aliphatic carbocycles. The molecule has 0 saturated heterocycles. The van der Waals surface area contributed by atoms with Gasteiger partial charge in [-0.3, -0.25) is 14.4 Å². The predicted molar refractivity (Wildman–Crippen MR) is 52.0 cm³/mol. The van der Waals surface area contributed by atoms with Crippen molar-refractivity contribution in [1.82, 2.24) is 0 Å². The molecular formula is C10H16O5. The van der Waals surface area contributed by atoms with E-state index in [-0.39, 0.29) is 6.42 Å². The topological polar surface area (TPSA) is 80.7 Å². The molecule has 5 nitrogen and oxygen atoms in total. The van der Waals surface area contributed by atoms with Crippen LogP contribution in [0.25, 0.3) is 0 Å². The third-order valence-corrected chi connectivity index (χ3v) is 2.51. The Kier molecular flexibility index (Phi) is 4.97. The maximum absolute atomic E-state index is 11.6. The lowest BCUT2D eigenvalue weighted by atomic mass is 9.79. The largest absolute Gasteiger partial charge is 0.481 e. The lowest BCUT2D eigenvalue weighted by Gasteiger charge is -2.26. The standard InChI is InChI=1S/C10H16O5/c1-4-10(5-2,6-8(12)13)9(14)15-7(3)11/h4-6H2,1-3H3,(H,12,13). The molecule has 0 heterocycles. The smallest absolute Gasteiger partial charge is 0.320 e. The number of ether oxygens (including phenoxy) is 1. The van der Waals surface area contributed by atoms with Crippen molar-refractivity contribution >= 4 is 17.9 Å². The van der Waals surface area contributed by atoms with E-state index in [9.17, 15) is 14.4 Å². The summed E-state index contributed by atoms with van der Waals surface area (Å²) in [6.45, 7) is 4.52. The molecule has 0 fully saturated rings. The summed E-state index contributed by atoms with van der Waals surface area (Å²) in [5, 5.41) is 8.70. The average Bonchev–Trinajstić information content (AvgIpc) is 2.12. The van der Waals surface area contributed by atoms with Crippen LogP contribution in [-0.4, -0.2) is 23.0 Å². The number of carbonyl (C=O) groups excluding carboxylic acids is 2. The quantitative estimate of drug-likeness (QED) is 0.554. The first kappa shape index (κ1) is 13.6. The van der Waals surface area contributed by atoms with Crippen LogP contribution in [0.4, 0.5) is 0 Å². The van der Waals surface area contributed by atoms with Crippen LogP contribution in [0.2, 0.25) is 0 Å². The first-order chi connectivity index (χ1) is 6.88. The molecule has 0 aromatic heterocycles. The zero-order valence-electron chi connectivity index (χ0n) is 9.20. The van der Waals surface area contributed by atoms with Crippen LogP contribution in [0, 0.1) is 5.41 Å². The maximum atomic E-state index is 11.6. The lowest BCUT2D eigenvalue weighted by molar-refractivity contribution is -0.169. The lowest BCUT2D eigenvalue weighted by Crippen LogP contribution is -2.35. The highest BCUT2D eigenvalue weighted by Crippen LogP contribution is 2.32. The van der Waals surface area contributed by atoms with Crippen molar-refractivity contribution in [2.24, 2.45) is 5.41 Å². The van der Waals surface area contributed by atoms with Gasteiger partial charge in [-0.25, -0.2) is 0 Å². The fraction of sp³-hybridized carbons (Fsp3) is 0.700. The first-order valence-corrected chi connectivity index (χ1v) is 4.82. The van der Waals surface area contributed by atoms with Gasteiger partial charge in [0.2, 0.25) is 0 Å².